The second-order valence-corrected chi connectivity index (χ2v) is 4.32. The van der Waals surface area contributed by atoms with Gasteiger partial charge in [0.2, 0.25) is 0 Å². The van der Waals surface area contributed by atoms with Crippen LogP contribution in [0.1, 0.15) is 12.5 Å². The normalized spacial score (nSPS) is 13.2. The highest BCUT2D eigenvalue weighted by molar-refractivity contribution is 6.31. The molecule has 1 aromatic rings. The summed E-state index contributed by atoms with van der Waals surface area (Å²) in [6.07, 6.45) is 0. The Morgan fingerprint density at radius 2 is 2.13 bits per heavy atom. The molecule has 1 atom stereocenters. The second-order valence-electron chi connectivity index (χ2n) is 3.63. The number of benzene rings is 1. The van der Waals surface area contributed by atoms with Crippen molar-refractivity contribution in [1.29, 1.82) is 0 Å². The number of hydrogen-bond acceptors (Lipinski definition) is 1. The molecular weight excluding hydrogens is 236 g/mol. The van der Waals surface area contributed by atoms with E-state index in [4.69, 9.17) is 23.2 Å². The fourth-order valence-corrected chi connectivity index (χ4v) is 1.63. The van der Waals surface area contributed by atoms with E-state index in [1.807, 2.05) is 24.9 Å². The average Bonchev–Trinajstić information content (AvgIpc) is 2.23. The zero-order chi connectivity index (χ0) is 11.4. The Hall–Kier alpha value is -0.310. The van der Waals surface area contributed by atoms with Crippen molar-refractivity contribution in [2.45, 2.75) is 19.5 Å². The van der Waals surface area contributed by atoms with Crippen molar-refractivity contribution < 1.29 is 4.39 Å². The molecule has 1 aromatic carbocycles. The molecule has 0 bridgehead atoms. The predicted octanol–water partition coefficient (Wildman–Crippen LogP) is 3.54. The topological polar surface area (TPSA) is 3.24 Å². The number of alkyl halides is 1. The van der Waals surface area contributed by atoms with E-state index in [9.17, 15) is 4.39 Å². The number of halogens is 3. The maximum atomic E-state index is 13.1. The van der Waals surface area contributed by atoms with Crippen molar-refractivity contribution in [2.75, 3.05) is 12.9 Å². The van der Waals surface area contributed by atoms with Crippen LogP contribution in [-0.2, 0) is 6.54 Å². The molecule has 0 saturated heterocycles. The summed E-state index contributed by atoms with van der Waals surface area (Å²) < 4.78 is 13.1. The van der Waals surface area contributed by atoms with Crippen molar-refractivity contribution in [3.63, 3.8) is 0 Å². The predicted molar refractivity (Wildman–Crippen MR) is 63.1 cm³/mol. The Kier molecular flexibility index (Phi) is 4.84. The third kappa shape index (κ3) is 3.33. The van der Waals surface area contributed by atoms with E-state index < -0.39 is 0 Å². The van der Waals surface area contributed by atoms with Crippen molar-refractivity contribution in [3.05, 3.63) is 34.6 Å². The minimum Gasteiger partial charge on any atom is -0.298 e. The van der Waals surface area contributed by atoms with Crippen LogP contribution in [-0.4, -0.2) is 23.9 Å². The van der Waals surface area contributed by atoms with Crippen LogP contribution < -0.4 is 0 Å². The van der Waals surface area contributed by atoms with E-state index in [1.165, 1.54) is 6.07 Å². The van der Waals surface area contributed by atoms with Crippen LogP contribution in [0.5, 0.6) is 0 Å². The molecule has 0 radical (unpaired) electrons. The van der Waals surface area contributed by atoms with Gasteiger partial charge >= 0.3 is 0 Å². The highest BCUT2D eigenvalue weighted by Crippen LogP contribution is 2.21. The SMILES string of the molecule is CC(CCl)N(C)Cc1cccc(F)c1Cl. The molecule has 0 saturated carbocycles. The molecular formula is C11H14Cl2FN. The molecule has 84 valence electrons. The molecule has 0 amide bonds. The smallest absolute Gasteiger partial charge is 0.142 e. The first-order chi connectivity index (χ1) is 7.06. The van der Waals surface area contributed by atoms with Gasteiger partial charge in [-0.05, 0) is 25.6 Å². The Bertz CT molecular complexity index is 330. The largest absolute Gasteiger partial charge is 0.298 e. The van der Waals surface area contributed by atoms with Crippen LogP contribution >= 0.6 is 23.2 Å². The lowest BCUT2D eigenvalue weighted by molar-refractivity contribution is 0.268. The third-order valence-electron chi connectivity index (χ3n) is 2.43. The molecule has 0 heterocycles. The van der Waals surface area contributed by atoms with Crippen LogP contribution in [0.3, 0.4) is 0 Å². The Morgan fingerprint density at radius 1 is 1.47 bits per heavy atom. The van der Waals surface area contributed by atoms with Gasteiger partial charge in [0.25, 0.3) is 0 Å². The van der Waals surface area contributed by atoms with Crippen molar-refractivity contribution in [3.8, 4) is 0 Å². The van der Waals surface area contributed by atoms with Gasteiger partial charge in [-0.2, -0.15) is 0 Å². The van der Waals surface area contributed by atoms with Gasteiger partial charge in [-0.1, -0.05) is 23.7 Å². The number of hydrogen-bond donors (Lipinski definition) is 0. The summed E-state index contributed by atoms with van der Waals surface area (Å²) in [4.78, 5) is 2.04. The molecule has 0 N–H and O–H groups in total. The molecule has 0 aliphatic rings. The average molecular weight is 250 g/mol. The van der Waals surface area contributed by atoms with Gasteiger partial charge in [-0.3, -0.25) is 4.90 Å². The molecule has 1 nitrogen and oxygen atoms in total. The van der Waals surface area contributed by atoms with E-state index in [-0.39, 0.29) is 16.9 Å². The first kappa shape index (κ1) is 12.8. The van der Waals surface area contributed by atoms with Crippen molar-refractivity contribution >= 4 is 23.2 Å². The molecule has 15 heavy (non-hydrogen) atoms. The monoisotopic (exact) mass is 249 g/mol. The number of nitrogens with zero attached hydrogens (tertiary/aromatic N) is 1. The zero-order valence-electron chi connectivity index (χ0n) is 8.80. The minimum atomic E-state index is -0.374. The van der Waals surface area contributed by atoms with E-state index in [0.29, 0.717) is 12.4 Å². The lowest BCUT2D eigenvalue weighted by Gasteiger charge is -2.23. The minimum absolute atomic E-state index is 0.200. The van der Waals surface area contributed by atoms with Gasteiger partial charge in [0.05, 0.1) is 5.02 Å². The lowest BCUT2D eigenvalue weighted by atomic mass is 10.2. The maximum Gasteiger partial charge on any atom is 0.142 e. The van der Waals surface area contributed by atoms with Crippen LogP contribution in [0.25, 0.3) is 0 Å². The Labute approximate surface area is 99.8 Å². The van der Waals surface area contributed by atoms with Gasteiger partial charge in [0, 0.05) is 18.5 Å². The molecule has 1 rings (SSSR count). The van der Waals surface area contributed by atoms with Gasteiger partial charge in [-0.25, -0.2) is 4.39 Å². The lowest BCUT2D eigenvalue weighted by Crippen LogP contribution is -2.29. The molecule has 1 unspecified atom stereocenters. The molecule has 0 aliphatic carbocycles. The van der Waals surface area contributed by atoms with Gasteiger partial charge in [-0.15, -0.1) is 11.6 Å². The van der Waals surface area contributed by atoms with E-state index >= 15 is 0 Å². The standard InChI is InChI=1S/C11H14Cl2FN/c1-8(6-12)15(2)7-9-4-3-5-10(14)11(9)13/h3-5,8H,6-7H2,1-2H3. The molecule has 0 spiro atoms. The van der Waals surface area contributed by atoms with Crippen molar-refractivity contribution in [1.82, 2.24) is 4.90 Å². The summed E-state index contributed by atoms with van der Waals surface area (Å²) in [5.41, 5.74) is 0.788. The third-order valence-corrected chi connectivity index (χ3v) is 3.30. The zero-order valence-corrected chi connectivity index (χ0v) is 10.3. The summed E-state index contributed by atoms with van der Waals surface area (Å²) in [5, 5.41) is 0.200. The van der Waals surface area contributed by atoms with Crippen LogP contribution in [0.4, 0.5) is 4.39 Å². The summed E-state index contributed by atoms with van der Waals surface area (Å²) in [6, 6.07) is 5.08. The van der Waals surface area contributed by atoms with Crippen LogP contribution in [0, 0.1) is 5.82 Å². The highest BCUT2D eigenvalue weighted by Gasteiger charge is 2.11. The summed E-state index contributed by atoms with van der Waals surface area (Å²) in [5.74, 6) is 0.171. The van der Waals surface area contributed by atoms with Gasteiger partial charge < -0.3 is 0 Å². The fourth-order valence-electron chi connectivity index (χ4n) is 1.21. The van der Waals surface area contributed by atoms with Crippen molar-refractivity contribution in [2.24, 2.45) is 0 Å². The molecule has 0 aliphatic heterocycles. The molecule has 0 fully saturated rings. The Morgan fingerprint density at radius 3 is 2.73 bits per heavy atom. The van der Waals surface area contributed by atoms with E-state index in [0.717, 1.165) is 5.56 Å². The maximum absolute atomic E-state index is 13.1. The second kappa shape index (κ2) is 5.69. The van der Waals surface area contributed by atoms with Gasteiger partial charge in [0.1, 0.15) is 5.82 Å². The fraction of sp³-hybridized carbons (Fsp3) is 0.455. The summed E-state index contributed by atoms with van der Waals surface area (Å²) in [7, 11) is 1.94. The first-order valence-electron chi connectivity index (χ1n) is 4.75. The van der Waals surface area contributed by atoms with Crippen LogP contribution in [0.2, 0.25) is 5.02 Å². The Balaban J connectivity index is 2.76. The summed E-state index contributed by atoms with van der Waals surface area (Å²) >= 11 is 11.6. The van der Waals surface area contributed by atoms with Gasteiger partial charge in [0.15, 0.2) is 0 Å². The van der Waals surface area contributed by atoms with E-state index in [1.54, 1.807) is 6.07 Å². The van der Waals surface area contributed by atoms with E-state index in [2.05, 4.69) is 0 Å². The quantitative estimate of drug-likeness (QED) is 0.739. The molecule has 4 heteroatoms. The van der Waals surface area contributed by atoms with Crippen LogP contribution in [0.15, 0.2) is 18.2 Å². The first-order valence-corrected chi connectivity index (χ1v) is 5.66. The number of rotatable bonds is 4. The summed E-state index contributed by atoms with van der Waals surface area (Å²) in [6.45, 7) is 2.62. The highest BCUT2D eigenvalue weighted by atomic mass is 35.5. The molecule has 0 aromatic heterocycles.